The normalized spacial score (nSPS) is 10.9. The lowest BCUT2D eigenvalue weighted by molar-refractivity contribution is 0.102. The number of rotatable bonds is 6. The first-order chi connectivity index (χ1) is 18.7. The SMILES string of the molecule is COc1cc2c(Oc3ccc(NC(=O)c4nc(C)c(C)n(-c5ccc(F)cc5)c4=O)cc3F)ccnc2cn1. The molecule has 1 amide bonds. The number of aryl methyl sites for hydroxylation is 1. The van der Waals surface area contributed by atoms with Crippen molar-refractivity contribution in [2.24, 2.45) is 0 Å². The maximum atomic E-state index is 15.0. The van der Waals surface area contributed by atoms with E-state index in [0.717, 1.165) is 6.07 Å². The average Bonchev–Trinajstić information content (AvgIpc) is 2.93. The molecular formula is C28H21F2N5O4. The van der Waals surface area contributed by atoms with Gasteiger partial charge in [-0.05, 0) is 56.3 Å². The van der Waals surface area contributed by atoms with Crippen LogP contribution >= 0.6 is 0 Å². The van der Waals surface area contributed by atoms with Crippen molar-refractivity contribution >= 4 is 22.5 Å². The summed E-state index contributed by atoms with van der Waals surface area (Å²) in [5.74, 6) is -1.47. The monoisotopic (exact) mass is 529 g/mol. The molecule has 0 bridgehead atoms. The highest BCUT2D eigenvalue weighted by Gasteiger charge is 2.20. The van der Waals surface area contributed by atoms with Gasteiger partial charge in [0.15, 0.2) is 17.3 Å². The minimum absolute atomic E-state index is 0.0862. The van der Waals surface area contributed by atoms with Crippen LogP contribution in [0.1, 0.15) is 21.9 Å². The standard InChI is InChI=1S/C28H21F2N5O4/c1-15-16(2)35(19-7-4-17(29)5-8-19)28(37)26(33-15)27(36)34-18-6-9-24(21(30)12-18)39-23-10-11-31-22-14-32-25(38-3)13-20(22)23/h4-14H,1-3H3,(H,34,36). The molecule has 3 aromatic heterocycles. The van der Waals surface area contributed by atoms with Gasteiger partial charge in [0, 0.05) is 40.8 Å². The van der Waals surface area contributed by atoms with Crippen LogP contribution in [0.3, 0.4) is 0 Å². The number of methoxy groups -OCH3 is 1. The zero-order chi connectivity index (χ0) is 27.7. The molecule has 0 radical (unpaired) electrons. The van der Waals surface area contributed by atoms with Crippen LogP contribution < -0.4 is 20.3 Å². The Morgan fingerprint density at radius 3 is 2.46 bits per heavy atom. The number of aromatic nitrogens is 4. The maximum absolute atomic E-state index is 15.0. The fraction of sp³-hybridized carbons (Fsp3) is 0.107. The number of ether oxygens (including phenoxy) is 2. The van der Waals surface area contributed by atoms with E-state index in [1.165, 1.54) is 60.5 Å². The zero-order valence-electron chi connectivity index (χ0n) is 21.0. The van der Waals surface area contributed by atoms with Gasteiger partial charge < -0.3 is 14.8 Å². The van der Waals surface area contributed by atoms with E-state index in [1.54, 1.807) is 26.0 Å². The second kappa shape index (κ2) is 10.3. The van der Waals surface area contributed by atoms with Crippen LogP contribution in [0, 0.1) is 25.5 Å². The second-order valence-corrected chi connectivity index (χ2v) is 8.50. The first kappa shape index (κ1) is 25.5. The average molecular weight is 530 g/mol. The first-order valence-corrected chi connectivity index (χ1v) is 11.7. The van der Waals surface area contributed by atoms with Gasteiger partial charge >= 0.3 is 0 Å². The summed E-state index contributed by atoms with van der Waals surface area (Å²) in [6.45, 7) is 3.31. The number of nitrogens with zero attached hydrogens (tertiary/aromatic N) is 4. The first-order valence-electron chi connectivity index (χ1n) is 11.7. The van der Waals surface area contributed by atoms with Gasteiger partial charge in [-0.1, -0.05) is 0 Å². The molecule has 5 rings (SSSR count). The number of halogens is 2. The van der Waals surface area contributed by atoms with Crippen LogP contribution in [0.25, 0.3) is 16.6 Å². The molecule has 0 aliphatic carbocycles. The minimum Gasteiger partial charge on any atom is -0.481 e. The fourth-order valence-electron chi connectivity index (χ4n) is 3.94. The summed E-state index contributed by atoms with van der Waals surface area (Å²) in [4.78, 5) is 38.6. The number of anilines is 1. The van der Waals surface area contributed by atoms with E-state index in [4.69, 9.17) is 9.47 Å². The van der Waals surface area contributed by atoms with Crippen LogP contribution in [0.15, 0.2) is 71.8 Å². The lowest BCUT2D eigenvalue weighted by Gasteiger charge is -2.14. The van der Waals surface area contributed by atoms with Crippen molar-refractivity contribution in [2.45, 2.75) is 13.8 Å². The third-order valence-corrected chi connectivity index (χ3v) is 6.03. The van der Waals surface area contributed by atoms with Gasteiger partial charge in [-0.15, -0.1) is 0 Å². The van der Waals surface area contributed by atoms with Crippen molar-refractivity contribution in [1.29, 1.82) is 0 Å². The quantitative estimate of drug-likeness (QED) is 0.325. The molecule has 3 heterocycles. The van der Waals surface area contributed by atoms with Crippen molar-refractivity contribution in [3.8, 4) is 23.1 Å². The number of hydrogen-bond acceptors (Lipinski definition) is 7. The lowest BCUT2D eigenvalue weighted by Crippen LogP contribution is -2.32. The summed E-state index contributed by atoms with van der Waals surface area (Å²) in [5, 5.41) is 3.07. The highest BCUT2D eigenvalue weighted by molar-refractivity contribution is 6.02. The fourth-order valence-corrected chi connectivity index (χ4v) is 3.94. The third kappa shape index (κ3) is 5.01. The Balaban J connectivity index is 1.42. The van der Waals surface area contributed by atoms with Crippen LogP contribution in [-0.2, 0) is 0 Å². The van der Waals surface area contributed by atoms with E-state index in [9.17, 15) is 14.0 Å². The summed E-state index contributed by atoms with van der Waals surface area (Å²) in [6, 6.07) is 12.3. The van der Waals surface area contributed by atoms with E-state index in [2.05, 4.69) is 20.3 Å². The lowest BCUT2D eigenvalue weighted by atomic mass is 10.2. The number of nitrogens with one attached hydrogen (secondary N) is 1. The maximum Gasteiger partial charge on any atom is 0.286 e. The summed E-state index contributed by atoms with van der Waals surface area (Å²) in [7, 11) is 1.48. The molecule has 9 nitrogen and oxygen atoms in total. The van der Waals surface area contributed by atoms with Gasteiger partial charge in [-0.3, -0.25) is 19.1 Å². The number of benzene rings is 2. The van der Waals surface area contributed by atoms with E-state index >= 15 is 4.39 Å². The van der Waals surface area contributed by atoms with Crippen molar-refractivity contribution < 1.29 is 23.0 Å². The van der Waals surface area contributed by atoms with Gasteiger partial charge in [-0.2, -0.15) is 0 Å². The molecule has 0 spiro atoms. The Morgan fingerprint density at radius 1 is 0.974 bits per heavy atom. The molecule has 0 unspecified atom stereocenters. The summed E-state index contributed by atoms with van der Waals surface area (Å²) in [5.41, 5.74) is 0.824. The molecule has 1 N–H and O–H groups in total. The number of carbonyl (C=O) groups excluding carboxylic acids is 1. The summed E-state index contributed by atoms with van der Waals surface area (Å²) < 4.78 is 40.6. The summed E-state index contributed by atoms with van der Waals surface area (Å²) >= 11 is 0. The van der Waals surface area contributed by atoms with E-state index < -0.39 is 28.8 Å². The molecule has 0 saturated heterocycles. The van der Waals surface area contributed by atoms with Crippen molar-refractivity contribution in [1.82, 2.24) is 19.5 Å². The Morgan fingerprint density at radius 2 is 1.74 bits per heavy atom. The number of pyridine rings is 2. The van der Waals surface area contributed by atoms with Gasteiger partial charge in [0.2, 0.25) is 5.88 Å². The van der Waals surface area contributed by atoms with E-state index in [-0.39, 0.29) is 11.4 Å². The molecule has 0 aliphatic rings. The van der Waals surface area contributed by atoms with Crippen LogP contribution in [0.2, 0.25) is 0 Å². The molecule has 0 atom stereocenters. The molecule has 0 aliphatic heterocycles. The van der Waals surface area contributed by atoms with Crippen molar-refractivity contribution in [3.63, 3.8) is 0 Å². The second-order valence-electron chi connectivity index (χ2n) is 8.50. The molecule has 11 heteroatoms. The molecule has 0 fully saturated rings. The van der Waals surface area contributed by atoms with E-state index in [0.29, 0.717) is 39.6 Å². The molecule has 0 saturated carbocycles. The van der Waals surface area contributed by atoms with E-state index in [1.807, 2.05) is 0 Å². The Kier molecular flexibility index (Phi) is 6.72. The highest BCUT2D eigenvalue weighted by Crippen LogP contribution is 2.32. The zero-order valence-corrected chi connectivity index (χ0v) is 21.0. The number of fused-ring (bicyclic) bond motifs is 1. The largest absolute Gasteiger partial charge is 0.481 e. The van der Waals surface area contributed by atoms with Gasteiger partial charge in [0.25, 0.3) is 11.5 Å². The molecule has 39 heavy (non-hydrogen) atoms. The Hall–Kier alpha value is -5.19. The Bertz CT molecular complexity index is 1790. The molecular weight excluding hydrogens is 508 g/mol. The topological polar surface area (TPSA) is 108 Å². The number of carbonyl (C=O) groups is 1. The number of hydrogen-bond donors (Lipinski definition) is 1. The van der Waals surface area contributed by atoms with Crippen LogP contribution in [0.5, 0.6) is 17.4 Å². The van der Waals surface area contributed by atoms with Crippen molar-refractivity contribution in [3.05, 3.63) is 106 Å². The molecule has 5 aromatic rings. The van der Waals surface area contributed by atoms with Gasteiger partial charge in [0.05, 0.1) is 24.5 Å². The van der Waals surface area contributed by atoms with Gasteiger partial charge in [-0.25, -0.2) is 18.7 Å². The Labute approximate surface area is 220 Å². The predicted molar refractivity (Wildman–Crippen MR) is 140 cm³/mol. The summed E-state index contributed by atoms with van der Waals surface area (Å²) in [6.07, 6.45) is 3.02. The predicted octanol–water partition coefficient (Wildman–Crippen LogP) is 5.12. The smallest absolute Gasteiger partial charge is 0.286 e. The molecule has 196 valence electrons. The minimum atomic E-state index is -0.827. The highest BCUT2D eigenvalue weighted by atomic mass is 19.1. The molecule has 2 aromatic carbocycles. The van der Waals surface area contributed by atoms with Crippen LogP contribution in [-0.4, -0.2) is 32.5 Å². The number of amides is 1. The van der Waals surface area contributed by atoms with Gasteiger partial charge in [0.1, 0.15) is 11.6 Å². The van der Waals surface area contributed by atoms with Crippen molar-refractivity contribution in [2.75, 3.05) is 12.4 Å². The van der Waals surface area contributed by atoms with Crippen LogP contribution in [0.4, 0.5) is 14.5 Å². The third-order valence-electron chi connectivity index (χ3n) is 6.03.